The summed E-state index contributed by atoms with van der Waals surface area (Å²) >= 11 is 0. The molecule has 1 heterocycles. The highest BCUT2D eigenvalue weighted by atomic mass is 16.6. The van der Waals surface area contributed by atoms with Gasteiger partial charge in [0, 0.05) is 6.42 Å². The Balaban J connectivity index is 2.21. The monoisotopic (exact) mass is 128 g/mol. The van der Waals surface area contributed by atoms with Crippen LogP contribution in [-0.2, 0) is 4.74 Å². The quantitative estimate of drug-likeness (QED) is 0.560. The fourth-order valence-electron chi connectivity index (χ4n) is 1.07. The number of allylic oxidation sites excluding steroid dienone is 1. The maximum absolute atomic E-state index is 8.87. The molecule has 0 aliphatic carbocycles. The van der Waals surface area contributed by atoms with Crippen molar-refractivity contribution in [2.75, 3.05) is 6.61 Å². The Bertz CT molecular complexity index is 101. The molecule has 2 atom stereocenters. The SMILES string of the molecule is C=CC[C@H]1COC(O)C1. The summed E-state index contributed by atoms with van der Waals surface area (Å²) in [5.41, 5.74) is 0. The lowest BCUT2D eigenvalue weighted by Crippen LogP contribution is -2.00. The Morgan fingerprint density at radius 3 is 3.00 bits per heavy atom. The van der Waals surface area contributed by atoms with Crippen LogP contribution in [0.5, 0.6) is 0 Å². The van der Waals surface area contributed by atoms with Gasteiger partial charge >= 0.3 is 0 Å². The Kier molecular flexibility index (Phi) is 2.25. The van der Waals surface area contributed by atoms with Crippen LogP contribution in [0.25, 0.3) is 0 Å². The van der Waals surface area contributed by atoms with Gasteiger partial charge in [0.1, 0.15) is 0 Å². The van der Waals surface area contributed by atoms with Gasteiger partial charge in [0.25, 0.3) is 0 Å². The first-order valence-corrected chi connectivity index (χ1v) is 3.23. The van der Waals surface area contributed by atoms with Crippen LogP contribution < -0.4 is 0 Å². The van der Waals surface area contributed by atoms with Crippen molar-refractivity contribution in [1.29, 1.82) is 0 Å². The fraction of sp³-hybridized carbons (Fsp3) is 0.714. The van der Waals surface area contributed by atoms with E-state index >= 15 is 0 Å². The second-order valence-corrected chi connectivity index (χ2v) is 2.41. The van der Waals surface area contributed by atoms with Gasteiger partial charge in [0.15, 0.2) is 6.29 Å². The first-order valence-electron chi connectivity index (χ1n) is 3.23. The average molecular weight is 128 g/mol. The first kappa shape index (κ1) is 6.78. The third-order valence-corrected chi connectivity index (χ3v) is 1.56. The van der Waals surface area contributed by atoms with Crippen molar-refractivity contribution in [1.82, 2.24) is 0 Å². The van der Waals surface area contributed by atoms with Crippen molar-refractivity contribution >= 4 is 0 Å². The van der Waals surface area contributed by atoms with Crippen LogP contribution >= 0.6 is 0 Å². The van der Waals surface area contributed by atoms with Crippen molar-refractivity contribution in [3.63, 3.8) is 0 Å². The lowest BCUT2D eigenvalue weighted by molar-refractivity contribution is -0.0591. The standard InChI is InChI=1S/C7H12O2/c1-2-3-6-4-7(8)9-5-6/h2,6-8H,1,3-5H2/t6-,7?/m1/s1. The van der Waals surface area contributed by atoms with Gasteiger partial charge in [0.2, 0.25) is 0 Å². The predicted octanol–water partition coefficient (Wildman–Crippen LogP) is 0.917. The van der Waals surface area contributed by atoms with Crippen LogP contribution in [0.2, 0.25) is 0 Å². The predicted molar refractivity (Wildman–Crippen MR) is 34.9 cm³/mol. The minimum absolute atomic E-state index is 0.498. The fourth-order valence-corrected chi connectivity index (χ4v) is 1.07. The summed E-state index contributed by atoms with van der Waals surface area (Å²) in [6.07, 6.45) is 3.07. The summed E-state index contributed by atoms with van der Waals surface area (Å²) in [6, 6.07) is 0. The Labute approximate surface area is 55.1 Å². The van der Waals surface area contributed by atoms with Crippen molar-refractivity contribution in [2.24, 2.45) is 5.92 Å². The molecule has 0 aromatic rings. The third kappa shape index (κ3) is 1.80. The summed E-state index contributed by atoms with van der Waals surface area (Å²) in [4.78, 5) is 0. The molecule has 1 N–H and O–H groups in total. The van der Waals surface area contributed by atoms with Crippen LogP contribution in [0.3, 0.4) is 0 Å². The first-order chi connectivity index (χ1) is 4.33. The van der Waals surface area contributed by atoms with Crippen molar-refractivity contribution in [3.05, 3.63) is 12.7 Å². The van der Waals surface area contributed by atoms with E-state index in [1.807, 2.05) is 6.08 Å². The number of aliphatic hydroxyl groups excluding tert-OH is 1. The minimum atomic E-state index is -0.519. The average Bonchev–Trinajstić information content (AvgIpc) is 2.17. The molecule has 0 aromatic carbocycles. The summed E-state index contributed by atoms with van der Waals surface area (Å²) in [7, 11) is 0. The molecule has 1 fully saturated rings. The topological polar surface area (TPSA) is 29.5 Å². The highest BCUT2D eigenvalue weighted by Crippen LogP contribution is 2.20. The summed E-state index contributed by atoms with van der Waals surface area (Å²) in [5.74, 6) is 0.498. The lowest BCUT2D eigenvalue weighted by Gasteiger charge is -1.99. The molecule has 0 saturated carbocycles. The molecule has 2 nitrogen and oxygen atoms in total. The molecule has 0 radical (unpaired) electrons. The zero-order chi connectivity index (χ0) is 6.69. The van der Waals surface area contributed by atoms with Gasteiger partial charge in [-0.05, 0) is 12.3 Å². The summed E-state index contributed by atoms with van der Waals surface area (Å²) < 4.78 is 4.93. The molecule has 0 spiro atoms. The van der Waals surface area contributed by atoms with Crippen LogP contribution in [0.4, 0.5) is 0 Å². The van der Waals surface area contributed by atoms with Gasteiger partial charge in [-0.2, -0.15) is 0 Å². The highest BCUT2D eigenvalue weighted by Gasteiger charge is 2.21. The molecule has 9 heavy (non-hydrogen) atoms. The van der Waals surface area contributed by atoms with Gasteiger partial charge in [-0.15, -0.1) is 6.58 Å². The van der Waals surface area contributed by atoms with Crippen LogP contribution in [0.15, 0.2) is 12.7 Å². The van der Waals surface area contributed by atoms with E-state index in [-0.39, 0.29) is 0 Å². The van der Waals surface area contributed by atoms with Crippen molar-refractivity contribution in [3.8, 4) is 0 Å². The normalized spacial score (nSPS) is 34.8. The van der Waals surface area contributed by atoms with Gasteiger partial charge in [-0.3, -0.25) is 0 Å². The molecule has 1 rings (SSSR count). The number of hydrogen-bond donors (Lipinski definition) is 1. The highest BCUT2D eigenvalue weighted by molar-refractivity contribution is 4.76. The number of rotatable bonds is 2. The van der Waals surface area contributed by atoms with Crippen LogP contribution in [0.1, 0.15) is 12.8 Å². The van der Waals surface area contributed by atoms with E-state index in [0.29, 0.717) is 12.5 Å². The maximum Gasteiger partial charge on any atom is 0.154 e. The maximum atomic E-state index is 8.87. The molecule has 2 heteroatoms. The van der Waals surface area contributed by atoms with Crippen LogP contribution in [-0.4, -0.2) is 18.0 Å². The van der Waals surface area contributed by atoms with Gasteiger partial charge in [0.05, 0.1) is 6.61 Å². The molecule has 0 amide bonds. The molecular weight excluding hydrogens is 116 g/mol. The van der Waals surface area contributed by atoms with E-state index < -0.39 is 6.29 Å². The molecule has 1 unspecified atom stereocenters. The van der Waals surface area contributed by atoms with Crippen LogP contribution in [0, 0.1) is 5.92 Å². The van der Waals surface area contributed by atoms with Gasteiger partial charge in [-0.25, -0.2) is 0 Å². The Hall–Kier alpha value is -0.340. The summed E-state index contributed by atoms with van der Waals surface area (Å²) in [5, 5.41) is 8.87. The molecule has 0 bridgehead atoms. The Morgan fingerprint density at radius 2 is 2.56 bits per heavy atom. The Morgan fingerprint density at radius 1 is 1.78 bits per heavy atom. The van der Waals surface area contributed by atoms with E-state index in [0.717, 1.165) is 12.8 Å². The van der Waals surface area contributed by atoms with E-state index in [1.165, 1.54) is 0 Å². The molecule has 1 aliphatic rings. The smallest absolute Gasteiger partial charge is 0.154 e. The van der Waals surface area contributed by atoms with Gasteiger partial charge in [-0.1, -0.05) is 6.08 Å². The molecule has 52 valence electrons. The molecule has 1 aliphatic heterocycles. The third-order valence-electron chi connectivity index (χ3n) is 1.56. The largest absolute Gasteiger partial charge is 0.368 e. The van der Waals surface area contributed by atoms with Crippen molar-refractivity contribution in [2.45, 2.75) is 19.1 Å². The van der Waals surface area contributed by atoms with E-state index in [1.54, 1.807) is 0 Å². The zero-order valence-electron chi connectivity index (χ0n) is 5.42. The molecule has 1 saturated heterocycles. The second-order valence-electron chi connectivity index (χ2n) is 2.41. The lowest BCUT2D eigenvalue weighted by atomic mass is 10.1. The van der Waals surface area contributed by atoms with Crippen molar-refractivity contribution < 1.29 is 9.84 Å². The number of aliphatic hydroxyl groups is 1. The van der Waals surface area contributed by atoms with E-state index in [2.05, 4.69) is 6.58 Å². The van der Waals surface area contributed by atoms with E-state index in [4.69, 9.17) is 9.84 Å². The van der Waals surface area contributed by atoms with E-state index in [9.17, 15) is 0 Å². The minimum Gasteiger partial charge on any atom is -0.368 e. The second kappa shape index (κ2) is 2.99. The summed E-state index contributed by atoms with van der Waals surface area (Å²) in [6.45, 7) is 4.30. The molecule has 0 aromatic heterocycles. The zero-order valence-corrected chi connectivity index (χ0v) is 5.42. The number of ether oxygens (including phenoxy) is 1. The number of hydrogen-bond acceptors (Lipinski definition) is 2. The van der Waals surface area contributed by atoms with Gasteiger partial charge < -0.3 is 9.84 Å². The molecular formula is C7H12O2.